The topological polar surface area (TPSA) is 34.0 Å². The van der Waals surface area contributed by atoms with Crippen molar-refractivity contribution < 1.29 is 4.79 Å². The fraction of sp³-hybridized carbons (Fsp3) is 0.375. The van der Waals surface area contributed by atoms with Gasteiger partial charge in [0, 0.05) is 31.9 Å². The molecule has 60 valence electrons. The molecule has 0 spiro atoms. The lowest BCUT2D eigenvalue weighted by molar-refractivity contribution is -0.109. The molecule has 11 heavy (non-hydrogen) atoms. The quantitative estimate of drug-likeness (QED) is 0.489. The van der Waals surface area contributed by atoms with E-state index in [1.807, 2.05) is 29.9 Å². The number of hydrogen-bond acceptors (Lipinski definition) is 1. The number of aryl methyl sites for hydroxylation is 1. The summed E-state index contributed by atoms with van der Waals surface area (Å²) in [5.41, 5.74) is 1.24. The number of carbonyl (C=O) groups excluding carboxylic acids is 1. The highest BCUT2D eigenvalue weighted by molar-refractivity contribution is 5.45. The molecule has 1 amide bonds. The second-order valence-corrected chi connectivity index (χ2v) is 2.43. The molecule has 0 aliphatic carbocycles. The van der Waals surface area contributed by atoms with Gasteiger partial charge in [0.25, 0.3) is 0 Å². The van der Waals surface area contributed by atoms with Crippen LogP contribution < -0.4 is 5.32 Å². The molecular formula is C8H12N2O. The average molecular weight is 152 g/mol. The zero-order valence-electron chi connectivity index (χ0n) is 6.58. The molecule has 1 heterocycles. The first-order valence-corrected chi connectivity index (χ1v) is 3.62. The van der Waals surface area contributed by atoms with Crippen LogP contribution in [0.4, 0.5) is 0 Å². The minimum atomic E-state index is 0.710. The summed E-state index contributed by atoms with van der Waals surface area (Å²) >= 11 is 0. The Hall–Kier alpha value is -1.25. The van der Waals surface area contributed by atoms with E-state index in [4.69, 9.17) is 0 Å². The Morgan fingerprint density at radius 1 is 1.73 bits per heavy atom. The molecule has 0 atom stereocenters. The predicted octanol–water partition coefficient (Wildman–Crippen LogP) is 0.314. The molecule has 1 N–H and O–H groups in total. The third kappa shape index (κ3) is 2.11. The maximum absolute atomic E-state index is 9.90. The van der Waals surface area contributed by atoms with Crippen LogP contribution in [-0.2, 0) is 18.3 Å². The van der Waals surface area contributed by atoms with Crippen molar-refractivity contribution in [2.45, 2.75) is 6.42 Å². The van der Waals surface area contributed by atoms with Crippen molar-refractivity contribution in [3.8, 4) is 0 Å². The van der Waals surface area contributed by atoms with Gasteiger partial charge < -0.3 is 9.88 Å². The fourth-order valence-electron chi connectivity index (χ4n) is 1.02. The van der Waals surface area contributed by atoms with Crippen LogP contribution in [0.15, 0.2) is 18.3 Å². The highest BCUT2D eigenvalue weighted by atomic mass is 16.1. The summed E-state index contributed by atoms with van der Waals surface area (Å²) in [6, 6.07) is 4.04. The molecule has 1 rings (SSSR count). The van der Waals surface area contributed by atoms with E-state index in [2.05, 4.69) is 5.32 Å². The van der Waals surface area contributed by atoms with Crippen molar-refractivity contribution >= 4 is 6.41 Å². The Bertz CT molecular complexity index is 230. The van der Waals surface area contributed by atoms with E-state index in [1.54, 1.807) is 0 Å². The molecule has 0 aliphatic heterocycles. The summed E-state index contributed by atoms with van der Waals surface area (Å²) < 4.78 is 2.05. The van der Waals surface area contributed by atoms with Crippen molar-refractivity contribution in [1.29, 1.82) is 0 Å². The number of nitrogens with zero attached hydrogens (tertiary/aromatic N) is 1. The third-order valence-corrected chi connectivity index (χ3v) is 1.66. The molecule has 3 nitrogen and oxygen atoms in total. The van der Waals surface area contributed by atoms with E-state index in [0.29, 0.717) is 6.54 Å². The second kappa shape index (κ2) is 3.81. The number of aromatic nitrogens is 1. The largest absolute Gasteiger partial charge is 0.358 e. The molecule has 0 aromatic carbocycles. The van der Waals surface area contributed by atoms with E-state index in [1.165, 1.54) is 5.69 Å². The van der Waals surface area contributed by atoms with E-state index in [9.17, 15) is 4.79 Å². The molecule has 0 bridgehead atoms. The predicted molar refractivity (Wildman–Crippen MR) is 43.2 cm³/mol. The zero-order chi connectivity index (χ0) is 8.10. The second-order valence-electron chi connectivity index (χ2n) is 2.43. The lowest BCUT2D eigenvalue weighted by atomic mass is 10.3. The first kappa shape index (κ1) is 7.85. The number of rotatable bonds is 4. The van der Waals surface area contributed by atoms with Crippen molar-refractivity contribution in [3.05, 3.63) is 24.0 Å². The van der Waals surface area contributed by atoms with Gasteiger partial charge in [-0.15, -0.1) is 0 Å². The standard InChI is InChI=1S/C8H12N2O/c1-10-6-2-3-8(10)4-5-9-7-11/h2-3,6-7H,4-5H2,1H3,(H,9,11). The van der Waals surface area contributed by atoms with Crippen LogP contribution in [-0.4, -0.2) is 17.5 Å². The molecule has 1 aromatic rings. The number of carbonyl (C=O) groups is 1. The monoisotopic (exact) mass is 152 g/mol. The first-order valence-electron chi connectivity index (χ1n) is 3.62. The van der Waals surface area contributed by atoms with Crippen LogP contribution >= 0.6 is 0 Å². The Morgan fingerprint density at radius 2 is 2.55 bits per heavy atom. The molecule has 0 saturated heterocycles. The number of nitrogens with one attached hydrogen (secondary N) is 1. The maximum Gasteiger partial charge on any atom is 0.207 e. The third-order valence-electron chi connectivity index (χ3n) is 1.66. The average Bonchev–Trinajstić information content (AvgIpc) is 2.37. The summed E-state index contributed by atoms with van der Waals surface area (Å²) in [7, 11) is 2.00. The molecule has 0 aliphatic rings. The minimum Gasteiger partial charge on any atom is -0.358 e. The van der Waals surface area contributed by atoms with Crippen LogP contribution in [0.25, 0.3) is 0 Å². The van der Waals surface area contributed by atoms with Gasteiger partial charge in [0.1, 0.15) is 0 Å². The highest BCUT2D eigenvalue weighted by Crippen LogP contribution is 1.98. The van der Waals surface area contributed by atoms with Crippen LogP contribution in [0.2, 0.25) is 0 Å². The molecule has 3 heteroatoms. The van der Waals surface area contributed by atoms with E-state index in [-0.39, 0.29) is 0 Å². The molecular weight excluding hydrogens is 140 g/mol. The fourth-order valence-corrected chi connectivity index (χ4v) is 1.02. The Kier molecular flexibility index (Phi) is 2.72. The summed E-state index contributed by atoms with van der Waals surface area (Å²) in [6.45, 7) is 0.710. The van der Waals surface area contributed by atoms with Gasteiger partial charge in [0.2, 0.25) is 6.41 Å². The van der Waals surface area contributed by atoms with Crippen LogP contribution in [0.5, 0.6) is 0 Å². The number of hydrogen-bond donors (Lipinski definition) is 1. The van der Waals surface area contributed by atoms with Crippen molar-refractivity contribution in [3.63, 3.8) is 0 Å². The summed E-state index contributed by atoms with van der Waals surface area (Å²) in [5, 5.41) is 2.62. The highest BCUT2D eigenvalue weighted by Gasteiger charge is 1.94. The lowest BCUT2D eigenvalue weighted by Crippen LogP contribution is -2.15. The Morgan fingerprint density at radius 3 is 3.09 bits per heavy atom. The number of amides is 1. The Balaban J connectivity index is 2.38. The zero-order valence-corrected chi connectivity index (χ0v) is 6.58. The van der Waals surface area contributed by atoms with Gasteiger partial charge in [-0.2, -0.15) is 0 Å². The summed E-state index contributed by atoms with van der Waals surface area (Å²) in [5.74, 6) is 0. The van der Waals surface area contributed by atoms with Gasteiger partial charge in [0.05, 0.1) is 0 Å². The molecule has 0 unspecified atom stereocenters. The van der Waals surface area contributed by atoms with E-state index >= 15 is 0 Å². The maximum atomic E-state index is 9.90. The van der Waals surface area contributed by atoms with Gasteiger partial charge in [-0.3, -0.25) is 4.79 Å². The van der Waals surface area contributed by atoms with Crippen LogP contribution in [0.1, 0.15) is 5.69 Å². The molecule has 0 radical (unpaired) electrons. The Labute approximate surface area is 66.0 Å². The van der Waals surface area contributed by atoms with Gasteiger partial charge in [-0.1, -0.05) is 0 Å². The van der Waals surface area contributed by atoms with Gasteiger partial charge in [-0.05, 0) is 12.1 Å². The molecule has 0 fully saturated rings. The lowest BCUT2D eigenvalue weighted by Gasteiger charge is -2.01. The van der Waals surface area contributed by atoms with Crippen molar-refractivity contribution in [2.75, 3.05) is 6.54 Å². The van der Waals surface area contributed by atoms with E-state index in [0.717, 1.165) is 12.8 Å². The summed E-state index contributed by atoms with van der Waals surface area (Å²) in [6.07, 6.45) is 3.61. The van der Waals surface area contributed by atoms with E-state index < -0.39 is 0 Å². The SMILES string of the molecule is Cn1cccc1CCNC=O. The molecule has 1 aromatic heterocycles. The normalized spacial score (nSPS) is 9.55. The van der Waals surface area contributed by atoms with Crippen molar-refractivity contribution in [1.82, 2.24) is 9.88 Å². The van der Waals surface area contributed by atoms with Gasteiger partial charge in [-0.25, -0.2) is 0 Å². The van der Waals surface area contributed by atoms with Crippen LogP contribution in [0.3, 0.4) is 0 Å². The van der Waals surface area contributed by atoms with Crippen molar-refractivity contribution in [2.24, 2.45) is 7.05 Å². The molecule has 0 saturated carbocycles. The van der Waals surface area contributed by atoms with Gasteiger partial charge >= 0.3 is 0 Å². The van der Waals surface area contributed by atoms with Crippen LogP contribution in [0, 0.1) is 0 Å². The summed E-state index contributed by atoms with van der Waals surface area (Å²) in [4.78, 5) is 9.90. The van der Waals surface area contributed by atoms with Gasteiger partial charge in [0.15, 0.2) is 0 Å². The minimum absolute atomic E-state index is 0.710. The first-order chi connectivity index (χ1) is 5.34. The smallest absolute Gasteiger partial charge is 0.207 e.